The molecule has 0 bridgehead atoms. The van der Waals surface area contributed by atoms with Crippen LogP contribution in [0.1, 0.15) is 20.8 Å². The summed E-state index contributed by atoms with van der Waals surface area (Å²) in [4.78, 5) is 13.3. The van der Waals surface area contributed by atoms with Crippen LogP contribution >= 0.6 is 11.3 Å². The van der Waals surface area contributed by atoms with E-state index in [0.717, 1.165) is 16.1 Å². The molecule has 4 heteroatoms. The minimum atomic E-state index is 0.0312. The third-order valence-corrected chi connectivity index (χ3v) is 4.12. The first-order chi connectivity index (χ1) is 9.66. The Balaban J connectivity index is 2.10. The molecule has 0 amide bonds. The van der Waals surface area contributed by atoms with Crippen molar-refractivity contribution in [1.29, 1.82) is 0 Å². The number of benzene rings is 1. The molecule has 0 atom stereocenters. The van der Waals surface area contributed by atoms with Crippen LogP contribution in [-0.2, 0) is 7.05 Å². The van der Waals surface area contributed by atoms with Crippen LogP contribution in [0.4, 0.5) is 0 Å². The van der Waals surface area contributed by atoms with Gasteiger partial charge in [0.2, 0.25) is 5.78 Å². The van der Waals surface area contributed by atoms with Crippen LogP contribution in [-0.4, -0.2) is 15.6 Å². The average Bonchev–Trinajstić information content (AvgIpc) is 3.09. The van der Waals surface area contributed by atoms with Gasteiger partial charge in [-0.05, 0) is 18.4 Å². The summed E-state index contributed by atoms with van der Waals surface area (Å²) < 4.78 is 1.76. The maximum Gasteiger partial charge on any atom is 0.206 e. The van der Waals surface area contributed by atoms with E-state index in [1.54, 1.807) is 10.9 Å². The summed E-state index contributed by atoms with van der Waals surface area (Å²) in [6, 6.07) is 11.9. The largest absolute Gasteiger partial charge is 0.288 e. The molecule has 0 saturated heterocycles. The fourth-order valence-electron chi connectivity index (χ4n) is 2.20. The Hall–Kier alpha value is -2.20. The predicted molar refractivity (Wildman–Crippen MR) is 81.1 cm³/mol. The van der Waals surface area contributed by atoms with Crippen LogP contribution in [0.25, 0.3) is 11.3 Å². The fourth-order valence-corrected chi connectivity index (χ4v) is 2.88. The van der Waals surface area contributed by atoms with Gasteiger partial charge in [0.05, 0.1) is 22.3 Å². The molecule has 0 aliphatic heterocycles. The molecule has 3 rings (SSSR count). The highest BCUT2D eigenvalue weighted by molar-refractivity contribution is 7.12. The third-order valence-electron chi connectivity index (χ3n) is 3.25. The van der Waals surface area contributed by atoms with Gasteiger partial charge in [-0.2, -0.15) is 5.10 Å². The summed E-state index contributed by atoms with van der Waals surface area (Å²) >= 11 is 1.45. The van der Waals surface area contributed by atoms with Gasteiger partial charge in [0.1, 0.15) is 0 Å². The number of nitrogens with zero attached hydrogens (tertiary/aromatic N) is 2. The van der Waals surface area contributed by atoms with Crippen molar-refractivity contribution in [3.8, 4) is 11.3 Å². The first-order valence-corrected chi connectivity index (χ1v) is 7.22. The Kier molecular flexibility index (Phi) is 3.24. The number of hydrogen-bond donors (Lipinski definition) is 0. The van der Waals surface area contributed by atoms with Crippen molar-refractivity contribution in [2.75, 3.05) is 0 Å². The molecule has 100 valence electrons. The molecular formula is C16H14N2OS. The van der Waals surface area contributed by atoms with Gasteiger partial charge in [0.15, 0.2) is 0 Å². The molecule has 1 aromatic carbocycles. The van der Waals surface area contributed by atoms with Crippen LogP contribution in [0.15, 0.2) is 48.0 Å². The van der Waals surface area contributed by atoms with Gasteiger partial charge in [0, 0.05) is 12.6 Å². The highest BCUT2D eigenvalue weighted by atomic mass is 32.1. The molecule has 0 aliphatic rings. The van der Waals surface area contributed by atoms with E-state index in [0.29, 0.717) is 5.56 Å². The van der Waals surface area contributed by atoms with Crippen molar-refractivity contribution in [2.45, 2.75) is 6.92 Å². The molecule has 2 heterocycles. The monoisotopic (exact) mass is 282 g/mol. The van der Waals surface area contributed by atoms with E-state index in [9.17, 15) is 4.79 Å². The van der Waals surface area contributed by atoms with E-state index in [-0.39, 0.29) is 5.78 Å². The predicted octanol–water partition coefficient (Wildman–Crippen LogP) is 3.69. The zero-order valence-electron chi connectivity index (χ0n) is 11.3. The first kappa shape index (κ1) is 12.8. The van der Waals surface area contributed by atoms with Gasteiger partial charge in [-0.25, -0.2) is 0 Å². The summed E-state index contributed by atoms with van der Waals surface area (Å²) in [6.45, 7) is 2.05. The van der Waals surface area contributed by atoms with Crippen molar-refractivity contribution in [3.05, 3.63) is 64.0 Å². The van der Waals surface area contributed by atoms with Crippen LogP contribution in [0, 0.1) is 6.92 Å². The van der Waals surface area contributed by atoms with E-state index in [1.807, 2.05) is 55.7 Å². The van der Waals surface area contributed by atoms with E-state index >= 15 is 0 Å². The van der Waals surface area contributed by atoms with E-state index in [4.69, 9.17) is 0 Å². The zero-order valence-corrected chi connectivity index (χ0v) is 12.1. The van der Waals surface area contributed by atoms with Crippen molar-refractivity contribution in [1.82, 2.24) is 9.78 Å². The van der Waals surface area contributed by atoms with Crippen LogP contribution in [0.2, 0.25) is 0 Å². The Morgan fingerprint density at radius 3 is 2.60 bits per heavy atom. The van der Waals surface area contributed by atoms with Crippen LogP contribution in [0.5, 0.6) is 0 Å². The van der Waals surface area contributed by atoms with Crippen LogP contribution in [0.3, 0.4) is 0 Å². The lowest BCUT2D eigenvalue weighted by atomic mass is 10.0. The van der Waals surface area contributed by atoms with Gasteiger partial charge < -0.3 is 0 Å². The molecule has 3 aromatic rings. The summed E-state index contributed by atoms with van der Waals surface area (Å²) in [5.74, 6) is 0.0312. The zero-order chi connectivity index (χ0) is 14.1. The number of aryl methyl sites for hydroxylation is 2. The van der Waals surface area contributed by atoms with E-state index in [2.05, 4.69) is 5.10 Å². The highest BCUT2D eigenvalue weighted by Crippen LogP contribution is 2.26. The molecule has 0 saturated carbocycles. The second-order valence-electron chi connectivity index (χ2n) is 4.70. The molecule has 0 N–H and O–H groups in total. The maximum atomic E-state index is 12.5. The minimum Gasteiger partial charge on any atom is -0.288 e. The number of aromatic nitrogens is 2. The van der Waals surface area contributed by atoms with Gasteiger partial charge in [-0.3, -0.25) is 9.48 Å². The average molecular weight is 282 g/mol. The van der Waals surface area contributed by atoms with E-state index < -0.39 is 0 Å². The summed E-state index contributed by atoms with van der Waals surface area (Å²) in [5, 5.41) is 6.16. The maximum absolute atomic E-state index is 12.5. The number of rotatable bonds is 3. The minimum absolute atomic E-state index is 0.0312. The lowest BCUT2D eigenvalue weighted by Crippen LogP contribution is -2.02. The molecule has 0 aliphatic carbocycles. The second kappa shape index (κ2) is 5.06. The molecule has 2 aromatic heterocycles. The fraction of sp³-hybridized carbons (Fsp3) is 0.125. The summed E-state index contributed by atoms with van der Waals surface area (Å²) in [6.07, 6.45) is 1.65. The molecule has 0 fully saturated rings. The van der Waals surface area contributed by atoms with Gasteiger partial charge >= 0.3 is 0 Å². The Bertz CT molecular complexity index is 739. The Labute approximate surface area is 121 Å². The Morgan fingerprint density at radius 1 is 1.20 bits per heavy atom. The molecule has 3 nitrogen and oxygen atoms in total. The van der Waals surface area contributed by atoms with Gasteiger partial charge in [-0.15, -0.1) is 11.3 Å². The highest BCUT2D eigenvalue weighted by Gasteiger charge is 2.19. The number of hydrogen-bond acceptors (Lipinski definition) is 3. The lowest BCUT2D eigenvalue weighted by molar-refractivity contribution is 0.104. The lowest BCUT2D eigenvalue weighted by Gasteiger charge is -2.06. The third kappa shape index (κ3) is 2.18. The SMILES string of the molecule is Cc1ccc(-c2c(C(=O)c3cccs3)cnn2C)cc1. The standard InChI is InChI=1S/C16H14N2OS/c1-11-5-7-12(8-6-11)15-13(10-17-18(15)2)16(19)14-4-3-9-20-14/h3-10H,1-2H3. The number of ketones is 1. The van der Waals surface area contributed by atoms with Gasteiger partial charge in [-0.1, -0.05) is 35.9 Å². The molecule has 0 radical (unpaired) electrons. The van der Waals surface area contributed by atoms with Crippen LogP contribution < -0.4 is 0 Å². The topological polar surface area (TPSA) is 34.9 Å². The summed E-state index contributed by atoms with van der Waals surface area (Å²) in [5.41, 5.74) is 3.72. The number of thiophene rings is 1. The Morgan fingerprint density at radius 2 is 1.95 bits per heavy atom. The van der Waals surface area contributed by atoms with Crippen molar-refractivity contribution in [3.63, 3.8) is 0 Å². The smallest absolute Gasteiger partial charge is 0.206 e. The van der Waals surface area contributed by atoms with E-state index in [1.165, 1.54) is 16.9 Å². The quantitative estimate of drug-likeness (QED) is 0.687. The van der Waals surface area contributed by atoms with Crippen molar-refractivity contribution in [2.24, 2.45) is 7.05 Å². The molecular weight excluding hydrogens is 268 g/mol. The number of carbonyl (C=O) groups excluding carboxylic acids is 1. The first-order valence-electron chi connectivity index (χ1n) is 6.34. The second-order valence-corrected chi connectivity index (χ2v) is 5.65. The van der Waals surface area contributed by atoms with Crippen molar-refractivity contribution < 1.29 is 4.79 Å². The van der Waals surface area contributed by atoms with Gasteiger partial charge in [0.25, 0.3) is 0 Å². The number of carbonyl (C=O) groups is 1. The van der Waals surface area contributed by atoms with Crippen molar-refractivity contribution >= 4 is 17.1 Å². The molecule has 0 unspecified atom stereocenters. The normalized spacial score (nSPS) is 10.7. The molecule has 0 spiro atoms. The summed E-state index contributed by atoms with van der Waals surface area (Å²) in [7, 11) is 1.86. The molecule has 20 heavy (non-hydrogen) atoms.